The Hall–Kier alpha value is -1.63. The summed E-state index contributed by atoms with van der Waals surface area (Å²) in [5.41, 5.74) is 1.07. The largest absolute Gasteiger partial charge is 0.375 e. The first kappa shape index (κ1) is 19.7. The Balaban J connectivity index is 1.19. The maximum absolute atomic E-state index is 12.7. The minimum Gasteiger partial charge on any atom is -0.375 e. The highest BCUT2D eigenvalue weighted by Gasteiger charge is 2.47. The van der Waals surface area contributed by atoms with Crippen LogP contribution in [0.2, 0.25) is 0 Å². The van der Waals surface area contributed by atoms with E-state index in [1.54, 1.807) is 0 Å². The van der Waals surface area contributed by atoms with Gasteiger partial charge in [-0.25, -0.2) is 4.79 Å². The molecule has 1 spiro atoms. The van der Waals surface area contributed by atoms with Crippen molar-refractivity contribution >= 4 is 6.03 Å². The number of amides is 2. The third kappa shape index (κ3) is 4.50. The number of likely N-dealkylation sites (tertiary alicyclic amines) is 1. The molecule has 0 unspecified atom stereocenters. The van der Waals surface area contributed by atoms with Crippen LogP contribution in [0, 0.1) is 5.92 Å². The second-order valence-electron chi connectivity index (χ2n) is 8.49. The van der Waals surface area contributed by atoms with Gasteiger partial charge in [-0.2, -0.15) is 0 Å². The van der Waals surface area contributed by atoms with Crippen LogP contribution in [0.3, 0.4) is 0 Å². The molecule has 0 radical (unpaired) electrons. The summed E-state index contributed by atoms with van der Waals surface area (Å²) >= 11 is 0. The summed E-state index contributed by atoms with van der Waals surface area (Å²) in [6, 6.07) is 10.7. The Morgan fingerprint density at radius 3 is 2.68 bits per heavy atom. The van der Waals surface area contributed by atoms with E-state index in [4.69, 9.17) is 9.47 Å². The number of piperidine rings is 1. The lowest BCUT2D eigenvalue weighted by atomic mass is 9.94. The van der Waals surface area contributed by atoms with Gasteiger partial charge in [-0.3, -0.25) is 4.90 Å². The zero-order chi connectivity index (χ0) is 19.4. The van der Waals surface area contributed by atoms with E-state index in [0.29, 0.717) is 25.6 Å². The van der Waals surface area contributed by atoms with Gasteiger partial charge in [0.1, 0.15) is 5.60 Å². The van der Waals surface area contributed by atoms with E-state index in [9.17, 15) is 4.79 Å². The molecule has 1 N–H and O–H groups in total. The number of nitrogens with zero attached hydrogens (tertiary/aromatic N) is 2. The van der Waals surface area contributed by atoms with E-state index in [0.717, 1.165) is 52.0 Å². The third-order valence-corrected chi connectivity index (χ3v) is 6.63. The Morgan fingerprint density at radius 2 is 1.96 bits per heavy atom. The minimum atomic E-state index is -0.307. The van der Waals surface area contributed by atoms with Gasteiger partial charge >= 0.3 is 6.03 Å². The zero-order valence-corrected chi connectivity index (χ0v) is 16.9. The van der Waals surface area contributed by atoms with E-state index in [1.807, 2.05) is 4.90 Å². The van der Waals surface area contributed by atoms with E-state index >= 15 is 0 Å². The maximum Gasteiger partial charge on any atom is 0.317 e. The van der Waals surface area contributed by atoms with Crippen LogP contribution in [0.1, 0.15) is 31.7 Å². The van der Waals surface area contributed by atoms with Crippen molar-refractivity contribution in [3.05, 3.63) is 35.9 Å². The molecule has 2 amide bonds. The monoisotopic (exact) mass is 387 g/mol. The quantitative estimate of drug-likeness (QED) is 0.862. The van der Waals surface area contributed by atoms with E-state index in [-0.39, 0.29) is 17.7 Å². The van der Waals surface area contributed by atoms with Crippen LogP contribution in [0.15, 0.2) is 30.3 Å². The molecule has 3 aliphatic heterocycles. The number of ether oxygens (including phenoxy) is 2. The van der Waals surface area contributed by atoms with Crippen molar-refractivity contribution in [2.75, 3.05) is 45.9 Å². The van der Waals surface area contributed by atoms with Gasteiger partial charge in [0.25, 0.3) is 0 Å². The highest BCUT2D eigenvalue weighted by molar-refractivity contribution is 5.74. The van der Waals surface area contributed by atoms with Crippen LogP contribution in [-0.2, 0) is 16.0 Å². The number of nitrogens with one attached hydrogen (secondary N) is 1. The van der Waals surface area contributed by atoms with Crippen molar-refractivity contribution in [3.8, 4) is 0 Å². The van der Waals surface area contributed by atoms with Crippen LogP contribution >= 0.6 is 0 Å². The molecule has 0 saturated carbocycles. The maximum atomic E-state index is 12.7. The number of hydrogen-bond donors (Lipinski definition) is 1. The van der Waals surface area contributed by atoms with Crippen molar-refractivity contribution in [1.29, 1.82) is 0 Å². The molecule has 1 aromatic rings. The number of carbonyl (C=O) groups excluding carboxylic acids is 1. The van der Waals surface area contributed by atoms with Gasteiger partial charge in [0.2, 0.25) is 0 Å². The molecule has 6 heteroatoms. The number of morpholine rings is 1. The fraction of sp³-hybridized carbons (Fsp3) is 0.682. The van der Waals surface area contributed by atoms with Crippen molar-refractivity contribution < 1.29 is 14.3 Å². The molecule has 3 saturated heterocycles. The predicted octanol–water partition coefficient (Wildman–Crippen LogP) is 2.49. The molecule has 28 heavy (non-hydrogen) atoms. The molecule has 2 atom stereocenters. The second kappa shape index (κ2) is 8.80. The predicted molar refractivity (Wildman–Crippen MR) is 108 cm³/mol. The molecular formula is C22H33N3O3. The van der Waals surface area contributed by atoms with Gasteiger partial charge in [-0.05, 0) is 44.3 Å². The lowest BCUT2D eigenvalue weighted by Gasteiger charge is -2.42. The summed E-state index contributed by atoms with van der Waals surface area (Å²) in [5, 5.41) is 3.18. The summed E-state index contributed by atoms with van der Waals surface area (Å²) in [5.74, 6) is 0.569. The lowest BCUT2D eigenvalue weighted by Crippen LogP contribution is -2.58. The highest BCUT2D eigenvalue weighted by atomic mass is 16.6. The van der Waals surface area contributed by atoms with Crippen molar-refractivity contribution in [2.45, 2.75) is 44.4 Å². The first-order valence-corrected chi connectivity index (χ1v) is 10.7. The summed E-state index contributed by atoms with van der Waals surface area (Å²) < 4.78 is 11.7. The van der Waals surface area contributed by atoms with Crippen molar-refractivity contribution in [1.82, 2.24) is 15.1 Å². The van der Waals surface area contributed by atoms with E-state index < -0.39 is 0 Å². The van der Waals surface area contributed by atoms with Crippen molar-refractivity contribution in [3.63, 3.8) is 0 Å². The number of urea groups is 1. The van der Waals surface area contributed by atoms with Crippen LogP contribution in [0.25, 0.3) is 0 Å². The van der Waals surface area contributed by atoms with Crippen LogP contribution < -0.4 is 5.32 Å². The van der Waals surface area contributed by atoms with E-state index in [2.05, 4.69) is 47.5 Å². The number of carbonyl (C=O) groups is 1. The van der Waals surface area contributed by atoms with E-state index in [1.165, 1.54) is 5.56 Å². The van der Waals surface area contributed by atoms with Crippen LogP contribution in [0.5, 0.6) is 0 Å². The molecule has 0 aromatic heterocycles. The Bertz CT molecular complexity index is 648. The molecule has 4 rings (SSSR count). The molecule has 1 aromatic carbocycles. The molecule has 3 aliphatic rings. The van der Waals surface area contributed by atoms with Crippen molar-refractivity contribution in [2.24, 2.45) is 5.92 Å². The molecule has 6 nitrogen and oxygen atoms in total. The van der Waals surface area contributed by atoms with Crippen LogP contribution in [0.4, 0.5) is 4.79 Å². The van der Waals surface area contributed by atoms with Gasteiger partial charge in [-0.15, -0.1) is 0 Å². The molecule has 3 heterocycles. The number of hydrogen-bond acceptors (Lipinski definition) is 4. The zero-order valence-electron chi connectivity index (χ0n) is 16.9. The number of rotatable bonds is 4. The van der Waals surface area contributed by atoms with Gasteiger partial charge < -0.3 is 19.7 Å². The SMILES string of the molecule is C[C@@H]1OCC[C@@]12CN(C(=O)NCC1CCN(Cc3ccccc3)CC1)CCO2. The molecule has 0 bridgehead atoms. The third-order valence-electron chi connectivity index (χ3n) is 6.63. The first-order chi connectivity index (χ1) is 13.6. The van der Waals surface area contributed by atoms with Gasteiger partial charge in [0.15, 0.2) is 0 Å². The summed E-state index contributed by atoms with van der Waals surface area (Å²) in [4.78, 5) is 17.1. The molecule has 3 fully saturated rings. The first-order valence-electron chi connectivity index (χ1n) is 10.7. The summed E-state index contributed by atoms with van der Waals surface area (Å²) in [6.45, 7) is 8.67. The summed E-state index contributed by atoms with van der Waals surface area (Å²) in [6.07, 6.45) is 3.21. The average molecular weight is 388 g/mol. The molecule has 154 valence electrons. The van der Waals surface area contributed by atoms with Gasteiger partial charge in [0, 0.05) is 32.7 Å². The minimum absolute atomic E-state index is 0.0495. The Morgan fingerprint density at radius 1 is 1.18 bits per heavy atom. The summed E-state index contributed by atoms with van der Waals surface area (Å²) in [7, 11) is 0. The normalized spacial score (nSPS) is 29.3. The molecular weight excluding hydrogens is 354 g/mol. The van der Waals surface area contributed by atoms with Gasteiger partial charge in [0.05, 0.1) is 19.3 Å². The van der Waals surface area contributed by atoms with Gasteiger partial charge in [-0.1, -0.05) is 30.3 Å². The highest BCUT2D eigenvalue weighted by Crippen LogP contribution is 2.33. The Kier molecular flexibility index (Phi) is 6.19. The second-order valence-corrected chi connectivity index (χ2v) is 8.49. The molecule has 0 aliphatic carbocycles. The fourth-order valence-corrected chi connectivity index (χ4v) is 4.67. The Labute approximate surface area is 168 Å². The average Bonchev–Trinajstić information content (AvgIpc) is 3.07. The fourth-order valence-electron chi connectivity index (χ4n) is 4.67. The lowest BCUT2D eigenvalue weighted by molar-refractivity contribution is -0.125. The standard InChI is InChI=1S/C22H33N3O3/c1-18-22(9-13-27-18)17-25(12-14-28-22)21(26)23-15-19-7-10-24(11-8-19)16-20-5-3-2-4-6-20/h2-6,18-19H,7-17H2,1H3,(H,23,26)/t18-,22+/m0/s1. The number of benzene rings is 1. The smallest absolute Gasteiger partial charge is 0.317 e. The van der Waals surface area contributed by atoms with Crippen LogP contribution in [-0.4, -0.2) is 73.5 Å². The topological polar surface area (TPSA) is 54.0 Å².